The molecule has 1 heterocycles. The summed E-state index contributed by atoms with van der Waals surface area (Å²) in [5.41, 5.74) is 4.45. The van der Waals surface area contributed by atoms with Gasteiger partial charge in [-0.1, -0.05) is 67.8 Å². The maximum atomic E-state index is 13.3. The molecule has 2 amide bonds. The van der Waals surface area contributed by atoms with Crippen LogP contribution in [0.2, 0.25) is 5.02 Å². The number of aliphatic hydroxyl groups excluding tert-OH is 2. The highest BCUT2D eigenvalue weighted by atomic mass is 35.5. The first kappa shape index (κ1) is 29.1. The lowest BCUT2D eigenvalue weighted by atomic mass is 9.67. The largest absolute Gasteiger partial charge is 0.508 e. The molecule has 0 radical (unpaired) electrons. The van der Waals surface area contributed by atoms with Gasteiger partial charge in [0.05, 0.1) is 29.6 Å². The van der Waals surface area contributed by atoms with E-state index in [1.807, 2.05) is 43.3 Å². The number of rotatable bonds is 11. The number of benzene rings is 2. The van der Waals surface area contributed by atoms with Crippen LogP contribution in [0.15, 0.2) is 59.7 Å². The quantitative estimate of drug-likeness (QED) is 0.185. The number of allylic oxidation sites excluding steroid dienone is 2. The van der Waals surface area contributed by atoms with Gasteiger partial charge in [0.25, 0.3) is 0 Å². The van der Waals surface area contributed by atoms with Crippen molar-refractivity contribution in [2.45, 2.75) is 58.5 Å². The summed E-state index contributed by atoms with van der Waals surface area (Å²) in [5.74, 6) is -1.94. The van der Waals surface area contributed by atoms with Crippen molar-refractivity contribution in [3.63, 3.8) is 0 Å². The molecule has 6 nitrogen and oxygen atoms in total. The van der Waals surface area contributed by atoms with Gasteiger partial charge in [-0.25, -0.2) is 0 Å². The summed E-state index contributed by atoms with van der Waals surface area (Å²) < 4.78 is 0. The molecule has 3 N–H and O–H groups in total. The number of phenols is 1. The second kappa shape index (κ2) is 12.9. The maximum absolute atomic E-state index is 13.3. The van der Waals surface area contributed by atoms with Crippen molar-refractivity contribution < 1.29 is 24.9 Å². The maximum Gasteiger partial charge on any atom is 0.233 e. The van der Waals surface area contributed by atoms with E-state index in [4.69, 9.17) is 11.6 Å². The van der Waals surface area contributed by atoms with E-state index in [0.717, 1.165) is 34.3 Å². The molecule has 2 aliphatic rings. The molecule has 2 aromatic rings. The Bertz CT molecular complexity index is 1250. The third kappa shape index (κ3) is 6.13. The van der Waals surface area contributed by atoms with E-state index in [0.29, 0.717) is 43.7 Å². The molecule has 1 saturated heterocycles. The van der Waals surface area contributed by atoms with Gasteiger partial charge in [-0.3, -0.25) is 14.5 Å². The highest BCUT2D eigenvalue weighted by molar-refractivity contribution is 6.32. The monoisotopic (exact) mass is 551 g/mol. The van der Waals surface area contributed by atoms with Crippen LogP contribution < -0.4 is 0 Å². The zero-order valence-corrected chi connectivity index (χ0v) is 23.4. The second-order valence-corrected chi connectivity index (χ2v) is 11.0. The summed E-state index contributed by atoms with van der Waals surface area (Å²) in [6.45, 7) is 4.09. The minimum atomic E-state index is -0.866. The van der Waals surface area contributed by atoms with E-state index in [1.54, 1.807) is 12.1 Å². The van der Waals surface area contributed by atoms with Crippen LogP contribution in [0, 0.1) is 17.8 Å². The van der Waals surface area contributed by atoms with Gasteiger partial charge in [-0.05, 0) is 78.7 Å². The standard InChI is InChI=1S/C32H38ClNO5/c1-3-8-23-17-25-30(32(39)34(15-4-2)31(25)38)26(19-35)29(23)28(37)14-12-21(20-9-6-5-7-10-20)16-22-11-13-24(36)18-27(22)33/h5-7,9-11,13,16,18,25-26,28,30,35-37H,3-4,8,12,14-15,17,19H2,1-2H3/b21-16-/t25-,26+,28-,30-/m1/s1. The molecule has 39 heavy (non-hydrogen) atoms. The van der Waals surface area contributed by atoms with Crippen LogP contribution in [0.5, 0.6) is 5.75 Å². The predicted octanol–water partition coefficient (Wildman–Crippen LogP) is 5.85. The van der Waals surface area contributed by atoms with Crippen LogP contribution in [0.4, 0.5) is 0 Å². The lowest BCUT2D eigenvalue weighted by molar-refractivity contribution is -0.140. The molecule has 0 unspecified atom stereocenters. The average Bonchev–Trinajstić information content (AvgIpc) is 3.16. The van der Waals surface area contributed by atoms with Gasteiger partial charge < -0.3 is 15.3 Å². The highest BCUT2D eigenvalue weighted by Crippen LogP contribution is 2.47. The number of hydrogen-bond acceptors (Lipinski definition) is 5. The smallest absolute Gasteiger partial charge is 0.233 e. The Hall–Kier alpha value is -2.93. The fraction of sp³-hybridized carbons (Fsp3) is 0.438. The Balaban J connectivity index is 1.65. The number of aromatic hydroxyl groups is 1. The zero-order chi connectivity index (χ0) is 28.1. The second-order valence-electron chi connectivity index (χ2n) is 10.6. The SMILES string of the molecule is CCCC1=C([C@H](O)CC/C(=C/c2ccc(O)cc2Cl)c2ccccc2)[C@H](CO)[C@@H]2C(=O)N(CCC)C(=O)[C@@H]2C1. The van der Waals surface area contributed by atoms with Crippen molar-refractivity contribution in [1.29, 1.82) is 0 Å². The van der Waals surface area contributed by atoms with E-state index < -0.39 is 23.9 Å². The minimum Gasteiger partial charge on any atom is -0.508 e. The summed E-state index contributed by atoms with van der Waals surface area (Å²) in [4.78, 5) is 27.8. The molecule has 2 aromatic carbocycles. The number of aliphatic hydroxyl groups is 2. The number of amides is 2. The fourth-order valence-corrected chi connectivity index (χ4v) is 6.46. The van der Waals surface area contributed by atoms with Crippen molar-refractivity contribution in [3.8, 4) is 5.75 Å². The van der Waals surface area contributed by atoms with Gasteiger partial charge in [-0.2, -0.15) is 0 Å². The number of hydrogen-bond donors (Lipinski definition) is 3. The molecule has 0 aromatic heterocycles. The molecule has 1 fully saturated rings. The Kier molecular flexibility index (Phi) is 9.65. The number of fused-ring (bicyclic) bond motifs is 1. The Morgan fingerprint density at radius 1 is 1.10 bits per heavy atom. The molecule has 0 bridgehead atoms. The number of carbonyl (C=O) groups excluding carboxylic acids is 2. The van der Waals surface area contributed by atoms with Gasteiger partial charge in [0.15, 0.2) is 0 Å². The predicted molar refractivity (Wildman–Crippen MR) is 154 cm³/mol. The van der Waals surface area contributed by atoms with Crippen LogP contribution >= 0.6 is 11.6 Å². The average molecular weight is 552 g/mol. The van der Waals surface area contributed by atoms with Crippen LogP contribution in [-0.2, 0) is 9.59 Å². The van der Waals surface area contributed by atoms with E-state index in [-0.39, 0.29) is 24.2 Å². The molecule has 7 heteroatoms. The van der Waals surface area contributed by atoms with Gasteiger partial charge in [-0.15, -0.1) is 0 Å². The molecule has 1 aliphatic heterocycles. The van der Waals surface area contributed by atoms with E-state index in [2.05, 4.69) is 6.92 Å². The van der Waals surface area contributed by atoms with Crippen molar-refractivity contribution in [1.82, 2.24) is 4.90 Å². The van der Waals surface area contributed by atoms with Crippen molar-refractivity contribution in [2.75, 3.05) is 13.2 Å². The first-order valence-corrected chi connectivity index (χ1v) is 14.3. The van der Waals surface area contributed by atoms with Crippen LogP contribution in [0.3, 0.4) is 0 Å². The summed E-state index contributed by atoms with van der Waals surface area (Å²) in [7, 11) is 0. The zero-order valence-electron chi connectivity index (χ0n) is 22.6. The number of likely N-dealkylation sites (tertiary alicyclic amines) is 1. The Morgan fingerprint density at radius 3 is 2.49 bits per heavy atom. The number of carbonyl (C=O) groups is 2. The first-order chi connectivity index (χ1) is 18.8. The normalized spacial score (nSPS) is 22.4. The lowest BCUT2D eigenvalue weighted by Crippen LogP contribution is -2.39. The van der Waals surface area contributed by atoms with E-state index in [9.17, 15) is 24.9 Å². The van der Waals surface area contributed by atoms with Crippen molar-refractivity contribution in [3.05, 3.63) is 75.8 Å². The van der Waals surface area contributed by atoms with Gasteiger partial charge in [0, 0.05) is 12.5 Å². The fourth-order valence-electron chi connectivity index (χ4n) is 6.23. The van der Waals surface area contributed by atoms with E-state index in [1.165, 1.54) is 11.0 Å². The summed E-state index contributed by atoms with van der Waals surface area (Å²) in [6.07, 6.45) is 4.70. The molecular weight excluding hydrogens is 514 g/mol. The topological polar surface area (TPSA) is 98.1 Å². The molecule has 0 saturated carbocycles. The number of imide groups is 1. The molecule has 4 atom stereocenters. The molecule has 1 aliphatic carbocycles. The number of phenolic OH excluding ortho intramolecular Hbond substituents is 1. The lowest BCUT2D eigenvalue weighted by Gasteiger charge is -2.36. The third-order valence-corrected chi connectivity index (χ3v) is 8.30. The van der Waals surface area contributed by atoms with Crippen molar-refractivity contribution >= 4 is 35.1 Å². The minimum absolute atomic E-state index is 0.0901. The summed E-state index contributed by atoms with van der Waals surface area (Å²) in [6, 6.07) is 14.7. The number of halogens is 1. The van der Waals surface area contributed by atoms with Gasteiger partial charge >= 0.3 is 0 Å². The van der Waals surface area contributed by atoms with Crippen molar-refractivity contribution in [2.24, 2.45) is 17.8 Å². The van der Waals surface area contributed by atoms with Gasteiger partial charge in [0.2, 0.25) is 11.8 Å². The van der Waals surface area contributed by atoms with Crippen LogP contribution in [-0.4, -0.2) is 51.3 Å². The summed E-state index contributed by atoms with van der Waals surface area (Å²) >= 11 is 6.40. The summed E-state index contributed by atoms with van der Waals surface area (Å²) in [5, 5.41) is 32.3. The molecule has 0 spiro atoms. The van der Waals surface area contributed by atoms with E-state index >= 15 is 0 Å². The number of nitrogens with zero attached hydrogens (tertiary/aromatic N) is 1. The highest BCUT2D eigenvalue weighted by Gasteiger charge is 2.54. The van der Waals surface area contributed by atoms with Crippen LogP contribution in [0.1, 0.15) is 63.5 Å². The van der Waals surface area contributed by atoms with Crippen LogP contribution in [0.25, 0.3) is 11.6 Å². The molecule has 4 rings (SSSR count). The molecular formula is C32H38ClNO5. The molecule has 208 valence electrons. The third-order valence-electron chi connectivity index (χ3n) is 7.98. The first-order valence-electron chi connectivity index (χ1n) is 13.9. The Morgan fingerprint density at radius 2 is 1.85 bits per heavy atom. The van der Waals surface area contributed by atoms with Gasteiger partial charge in [0.1, 0.15) is 5.75 Å². The Labute approximate surface area is 235 Å².